The van der Waals surface area contributed by atoms with Gasteiger partial charge in [0, 0.05) is 11.9 Å². The highest BCUT2D eigenvalue weighted by Crippen LogP contribution is 2.20. The molecule has 0 bridgehead atoms. The highest BCUT2D eigenvalue weighted by molar-refractivity contribution is 7.99. The van der Waals surface area contributed by atoms with E-state index >= 15 is 0 Å². The summed E-state index contributed by atoms with van der Waals surface area (Å²) < 4.78 is 1.34. The van der Waals surface area contributed by atoms with Gasteiger partial charge in [-0.15, -0.1) is 10.2 Å². The van der Waals surface area contributed by atoms with Gasteiger partial charge in [-0.3, -0.25) is 9.78 Å². The molecule has 0 aliphatic heterocycles. The topological polar surface area (TPSA) is 98.7 Å². The molecule has 0 spiro atoms. The number of thioether (sulfide) groups is 1. The summed E-state index contributed by atoms with van der Waals surface area (Å²) in [6.07, 6.45) is 1.66. The molecule has 2 heterocycles. The molecular formula is C15H14N6OS. The van der Waals surface area contributed by atoms with Gasteiger partial charge < -0.3 is 11.2 Å². The van der Waals surface area contributed by atoms with Crippen molar-refractivity contribution in [3.05, 3.63) is 54.7 Å². The molecule has 0 aliphatic carbocycles. The number of rotatable bonds is 5. The van der Waals surface area contributed by atoms with E-state index in [1.807, 2.05) is 42.5 Å². The molecule has 0 aliphatic rings. The minimum atomic E-state index is -0.136. The van der Waals surface area contributed by atoms with Crippen molar-refractivity contribution in [2.75, 3.05) is 16.9 Å². The molecule has 0 saturated heterocycles. The number of pyridine rings is 1. The van der Waals surface area contributed by atoms with Crippen LogP contribution in [-0.2, 0) is 4.79 Å². The van der Waals surface area contributed by atoms with E-state index in [0.717, 1.165) is 5.69 Å². The van der Waals surface area contributed by atoms with Crippen LogP contribution in [0.1, 0.15) is 0 Å². The fourth-order valence-electron chi connectivity index (χ4n) is 1.89. The first-order valence-electron chi connectivity index (χ1n) is 6.83. The Morgan fingerprint density at radius 1 is 1.13 bits per heavy atom. The molecule has 0 fully saturated rings. The molecule has 8 heteroatoms. The Morgan fingerprint density at radius 3 is 2.65 bits per heavy atom. The third kappa shape index (κ3) is 3.67. The molecule has 1 amide bonds. The maximum atomic E-state index is 11.9. The van der Waals surface area contributed by atoms with Crippen LogP contribution in [0, 0.1) is 0 Å². The van der Waals surface area contributed by atoms with Crippen LogP contribution >= 0.6 is 11.8 Å². The molecule has 0 unspecified atom stereocenters. The highest BCUT2D eigenvalue weighted by atomic mass is 32.2. The average Bonchev–Trinajstić information content (AvgIpc) is 2.95. The van der Waals surface area contributed by atoms with Gasteiger partial charge in [-0.2, -0.15) is 0 Å². The number of benzene rings is 1. The summed E-state index contributed by atoms with van der Waals surface area (Å²) in [7, 11) is 0. The molecule has 3 N–H and O–H groups in total. The van der Waals surface area contributed by atoms with Crippen molar-refractivity contribution in [2.24, 2.45) is 0 Å². The Bertz CT molecular complexity index is 790. The lowest BCUT2D eigenvalue weighted by molar-refractivity contribution is -0.113. The van der Waals surface area contributed by atoms with Crippen LogP contribution < -0.4 is 11.2 Å². The van der Waals surface area contributed by atoms with E-state index in [1.54, 1.807) is 12.3 Å². The lowest BCUT2D eigenvalue weighted by Gasteiger charge is -2.05. The standard InChI is InChI=1S/C15H14N6OS/c16-21-14(12-8-4-5-9-17-12)19-20-15(21)23-10-13(22)18-11-6-2-1-3-7-11/h1-9H,10,16H2,(H,18,22). The predicted molar refractivity (Wildman–Crippen MR) is 89.2 cm³/mol. The van der Waals surface area contributed by atoms with E-state index in [-0.39, 0.29) is 11.7 Å². The summed E-state index contributed by atoms with van der Waals surface area (Å²) in [6, 6.07) is 14.7. The second-order valence-electron chi connectivity index (χ2n) is 4.59. The SMILES string of the molecule is Nn1c(SCC(=O)Nc2ccccc2)nnc1-c1ccccn1. The maximum Gasteiger partial charge on any atom is 0.234 e. The molecule has 0 saturated carbocycles. The zero-order valence-electron chi connectivity index (χ0n) is 12.1. The number of nitrogens with two attached hydrogens (primary N) is 1. The number of aromatic nitrogens is 4. The molecule has 7 nitrogen and oxygen atoms in total. The summed E-state index contributed by atoms with van der Waals surface area (Å²) in [4.78, 5) is 16.1. The van der Waals surface area contributed by atoms with Crippen molar-refractivity contribution in [1.82, 2.24) is 19.9 Å². The number of nitrogen functional groups attached to an aromatic ring is 1. The van der Waals surface area contributed by atoms with Crippen LogP contribution in [0.4, 0.5) is 5.69 Å². The van der Waals surface area contributed by atoms with E-state index in [9.17, 15) is 4.79 Å². The summed E-state index contributed by atoms with van der Waals surface area (Å²) in [6.45, 7) is 0. The number of amides is 1. The number of hydrogen-bond acceptors (Lipinski definition) is 6. The second-order valence-corrected chi connectivity index (χ2v) is 5.54. The Hall–Kier alpha value is -2.87. The minimum absolute atomic E-state index is 0.136. The van der Waals surface area contributed by atoms with Gasteiger partial charge in [-0.1, -0.05) is 36.0 Å². The van der Waals surface area contributed by atoms with Crippen LogP contribution in [0.2, 0.25) is 0 Å². The number of carbonyl (C=O) groups is 1. The Balaban J connectivity index is 1.63. The maximum absolute atomic E-state index is 11.9. The van der Waals surface area contributed by atoms with Gasteiger partial charge in [-0.25, -0.2) is 4.68 Å². The van der Waals surface area contributed by atoms with Gasteiger partial charge in [0.05, 0.1) is 5.75 Å². The monoisotopic (exact) mass is 326 g/mol. The average molecular weight is 326 g/mol. The molecule has 0 atom stereocenters. The van der Waals surface area contributed by atoms with E-state index in [4.69, 9.17) is 5.84 Å². The summed E-state index contributed by atoms with van der Waals surface area (Å²) in [5, 5.41) is 11.3. The lowest BCUT2D eigenvalue weighted by Crippen LogP contribution is -2.16. The Kier molecular flexibility index (Phi) is 4.53. The van der Waals surface area contributed by atoms with Crippen LogP contribution in [0.5, 0.6) is 0 Å². The van der Waals surface area contributed by atoms with E-state index in [0.29, 0.717) is 16.7 Å². The number of carbonyl (C=O) groups excluding carboxylic acids is 1. The van der Waals surface area contributed by atoms with Gasteiger partial charge in [-0.05, 0) is 24.3 Å². The number of nitrogens with zero attached hydrogens (tertiary/aromatic N) is 4. The largest absolute Gasteiger partial charge is 0.335 e. The van der Waals surface area contributed by atoms with Crippen LogP contribution in [-0.4, -0.2) is 31.5 Å². The fourth-order valence-corrected chi connectivity index (χ4v) is 2.55. The second kappa shape index (κ2) is 6.93. The van der Waals surface area contributed by atoms with Gasteiger partial charge in [0.1, 0.15) is 5.69 Å². The lowest BCUT2D eigenvalue weighted by atomic mass is 10.3. The molecule has 3 rings (SSSR count). The third-order valence-corrected chi connectivity index (χ3v) is 3.89. The first-order valence-corrected chi connectivity index (χ1v) is 7.82. The zero-order chi connectivity index (χ0) is 16.1. The van der Waals surface area contributed by atoms with Crippen LogP contribution in [0.25, 0.3) is 11.5 Å². The Labute approximate surface area is 136 Å². The Morgan fingerprint density at radius 2 is 1.91 bits per heavy atom. The minimum Gasteiger partial charge on any atom is -0.335 e. The zero-order valence-corrected chi connectivity index (χ0v) is 12.9. The normalized spacial score (nSPS) is 10.4. The molecule has 0 radical (unpaired) electrons. The van der Waals surface area contributed by atoms with Gasteiger partial charge in [0.25, 0.3) is 0 Å². The van der Waals surface area contributed by atoms with Crippen LogP contribution in [0.3, 0.4) is 0 Å². The number of anilines is 1. The van der Waals surface area contributed by atoms with Crippen molar-refractivity contribution >= 4 is 23.4 Å². The highest BCUT2D eigenvalue weighted by Gasteiger charge is 2.14. The number of para-hydroxylation sites is 1. The first-order chi connectivity index (χ1) is 11.2. The smallest absolute Gasteiger partial charge is 0.234 e. The van der Waals surface area contributed by atoms with Crippen molar-refractivity contribution in [3.63, 3.8) is 0 Å². The molecule has 116 valence electrons. The predicted octanol–water partition coefficient (Wildman–Crippen LogP) is 1.78. The molecule has 1 aromatic carbocycles. The fraction of sp³-hybridized carbons (Fsp3) is 0.0667. The summed E-state index contributed by atoms with van der Waals surface area (Å²) >= 11 is 1.21. The van der Waals surface area contributed by atoms with E-state index in [2.05, 4.69) is 20.5 Å². The van der Waals surface area contributed by atoms with Gasteiger partial charge in [0.2, 0.25) is 16.9 Å². The number of hydrogen-bond donors (Lipinski definition) is 2. The molecular weight excluding hydrogens is 312 g/mol. The van der Waals surface area contributed by atoms with Crippen molar-refractivity contribution in [3.8, 4) is 11.5 Å². The van der Waals surface area contributed by atoms with Crippen LogP contribution in [0.15, 0.2) is 59.9 Å². The van der Waals surface area contributed by atoms with E-state index in [1.165, 1.54) is 16.4 Å². The van der Waals surface area contributed by atoms with Crippen molar-refractivity contribution in [2.45, 2.75) is 5.16 Å². The van der Waals surface area contributed by atoms with Crippen molar-refractivity contribution < 1.29 is 4.79 Å². The van der Waals surface area contributed by atoms with Gasteiger partial charge in [0.15, 0.2) is 0 Å². The van der Waals surface area contributed by atoms with Crippen molar-refractivity contribution in [1.29, 1.82) is 0 Å². The summed E-state index contributed by atoms with van der Waals surface area (Å²) in [5.41, 5.74) is 1.38. The third-order valence-electron chi connectivity index (χ3n) is 2.95. The summed E-state index contributed by atoms with van der Waals surface area (Å²) in [5.74, 6) is 6.48. The first kappa shape index (κ1) is 15.0. The van der Waals surface area contributed by atoms with Gasteiger partial charge >= 0.3 is 0 Å². The molecule has 23 heavy (non-hydrogen) atoms. The number of nitrogens with one attached hydrogen (secondary N) is 1. The van der Waals surface area contributed by atoms with E-state index < -0.39 is 0 Å². The molecule has 2 aromatic heterocycles. The quantitative estimate of drug-likeness (QED) is 0.548. The molecule has 3 aromatic rings.